The molecular formula is C9H8F2N2. The number of hydrogen-bond donors (Lipinski definition) is 1. The van der Waals surface area contributed by atoms with Crippen LogP contribution in [0.25, 0.3) is 11.0 Å². The summed E-state index contributed by atoms with van der Waals surface area (Å²) in [6.07, 6.45) is 0.720. The van der Waals surface area contributed by atoms with E-state index in [1.807, 2.05) is 6.92 Å². The fraction of sp³-hybridized carbons (Fsp3) is 0.222. The van der Waals surface area contributed by atoms with Crippen LogP contribution >= 0.6 is 0 Å². The summed E-state index contributed by atoms with van der Waals surface area (Å²) in [7, 11) is 0. The van der Waals surface area contributed by atoms with Gasteiger partial charge in [0, 0.05) is 18.6 Å². The highest BCUT2D eigenvalue weighted by Crippen LogP contribution is 2.16. The first-order chi connectivity index (χ1) is 6.20. The Balaban J connectivity index is 2.70. The van der Waals surface area contributed by atoms with E-state index in [1.54, 1.807) is 0 Å². The van der Waals surface area contributed by atoms with Gasteiger partial charge in [0.05, 0.1) is 11.0 Å². The maximum atomic E-state index is 12.7. The number of nitrogens with one attached hydrogen (secondary N) is 1. The number of benzene rings is 1. The number of rotatable bonds is 1. The Morgan fingerprint density at radius 2 is 2.00 bits per heavy atom. The third-order valence-corrected chi connectivity index (χ3v) is 1.91. The fourth-order valence-electron chi connectivity index (χ4n) is 1.23. The number of aryl methyl sites for hydroxylation is 1. The van der Waals surface area contributed by atoms with Crippen LogP contribution in [0.5, 0.6) is 0 Å². The second-order valence-corrected chi connectivity index (χ2v) is 2.82. The van der Waals surface area contributed by atoms with E-state index in [1.165, 1.54) is 0 Å². The van der Waals surface area contributed by atoms with Gasteiger partial charge >= 0.3 is 0 Å². The molecule has 1 heterocycles. The second kappa shape index (κ2) is 2.80. The molecule has 0 amide bonds. The minimum Gasteiger partial charge on any atom is -0.342 e. The summed E-state index contributed by atoms with van der Waals surface area (Å²) in [6.45, 7) is 1.92. The number of H-pyrrole nitrogens is 1. The van der Waals surface area contributed by atoms with Crippen molar-refractivity contribution < 1.29 is 8.78 Å². The van der Waals surface area contributed by atoms with Gasteiger partial charge in [0.1, 0.15) is 5.82 Å². The predicted molar refractivity (Wildman–Crippen MR) is 45.4 cm³/mol. The predicted octanol–water partition coefficient (Wildman–Crippen LogP) is 2.40. The number of nitrogens with zero attached hydrogens (tertiary/aromatic N) is 1. The maximum absolute atomic E-state index is 12.7. The van der Waals surface area contributed by atoms with Gasteiger partial charge in [-0.05, 0) is 0 Å². The van der Waals surface area contributed by atoms with Crippen LogP contribution in [0.3, 0.4) is 0 Å². The van der Waals surface area contributed by atoms with Crippen molar-refractivity contribution in [2.24, 2.45) is 0 Å². The van der Waals surface area contributed by atoms with E-state index in [2.05, 4.69) is 9.97 Å². The first kappa shape index (κ1) is 8.16. The third kappa shape index (κ3) is 1.28. The smallest absolute Gasteiger partial charge is 0.161 e. The van der Waals surface area contributed by atoms with Gasteiger partial charge in [-0.1, -0.05) is 6.92 Å². The molecule has 1 aromatic carbocycles. The molecule has 0 fully saturated rings. The normalized spacial score (nSPS) is 11.0. The Kier molecular flexibility index (Phi) is 1.76. The Morgan fingerprint density at radius 3 is 2.69 bits per heavy atom. The zero-order chi connectivity index (χ0) is 9.42. The Bertz CT molecular complexity index is 409. The highest BCUT2D eigenvalue weighted by atomic mass is 19.2. The number of halogens is 2. The summed E-state index contributed by atoms with van der Waals surface area (Å²) in [5.74, 6) is -0.972. The summed E-state index contributed by atoms with van der Waals surface area (Å²) in [6, 6.07) is 2.22. The molecule has 0 radical (unpaired) electrons. The number of aromatic amines is 1. The minimum absolute atomic E-state index is 0.468. The van der Waals surface area contributed by atoms with Crippen LogP contribution in [0, 0.1) is 11.6 Å². The molecule has 0 saturated carbocycles. The molecule has 0 aliphatic rings. The maximum Gasteiger partial charge on any atom is 0.161 e. The lowest BCUT2D eigenvalue weighted by Crippen LogP contribution is -1.82. The van der Waals surface area contributed by atoms with Crippen LogP contribution in [-0.2, 0) is 6.42 Å². The topological polar surface area (TPSA) is 28.7 Å². The molecule has 13 heavy (non-hydrogen) atoms. The van der Waals surface area contributed by atoms with Crippen molar-refractivity contribution in [1.82, 2.24) is 9.97 Å². The molecular weight excluding hydrogens is 174 g/mol. The average molecular weight is 182 g/mol. The number of fused-ring (bicyclic) bond motifs is 1. The van der Waals surface area contributed by atoms with Gasteiger partial charge in [-0.25, -0.2) is 13.8 Å². The molecule has 0 unspecified atom stereocenters. The molecule has 2 rings (SSSR count). The van der Waals surface area contributed by atoms with E-state index >= 15 is 0 Å². The SMILES string of the molecule is CCc1nc2cc(F)c(F)cc2[nH]1. The molecule has 4 heteroatoms. The molecule has 2 nitrogen and oxygen atoms in total. The molecule has 0 aliphatic carbocycles. The summed E-state index contributed by atoms with van der Waals surface area (Å²) >= 11 is 0. The molecule has 0 aliphatic heterocycles. The summed E-state index contributed by atoms with van der Waals surface area (Å²) in [5.41, 5.74) is 1.01. The zero-order valence-electron chi connectivity index (χ0n) is 7.06. The van der Waals surface area contributed by atoms with E-state index in [0.29, 0.717) is 11.0 Å². The summed E-state index contributed by atoms with van der Waals surface area (Å²) < 4.78 is 25.5. The zero-order valence-corrected chi connectivity index (χ0v) is 7.06. The van der Waals surface area contributed by atoms with Crippen molar-refractivity contribution in [3.63, 3.8) is 0 Å². The fourth-order valence-corrected chi connectivity index (χ4v) is 1.23. The Hall–Kier alpha value is -1.45. The van der Waals surface area contributed by atoms with Crippen LogP contribution in [0.2, 0.25) is 0 Å². The van der Waals surface area contributed by atoms with E-state index in [-0.39, 0.29) is 0 Å². The van der Waals surface area contributed by atoms with E-state index in [4.69, 9.17) is 0 Å². The van der Waals surface area contributed by atoms with Crippen molar-refractivity contribution in [3.05, 3.63) is 29.6 Å². The Morgan fingerprint density at radius 1 is 1.31 bits per heavy atom. The number of aromatic nitrogens is 2. The molecule has 1 N–H and O–H groups in total. The van der Waals surface area contributed by atoms with Gasteiger partial charge in [0.2, 0.25) is 0 Å². The lowest BCUT2D eigenvalue weighted by Gasteiger charge is -1.90. The van der Waals surface area contributed by atoms with E-state index in [9.17, 15) is 8.78 Å². The van der Waals surface area contributed by atoms with Gasteiger partial charge in [-0.3, -0.25) is 0 Å². The highest BCUT2D eigenvalue weighted by molar-refractivity contribution is 5.75. The minimum atomic E-state index is -0.860. The molecule has 0 saturated heterocycles. The molecule has 1 aromatic heterocycles. The first-order valence-electron chi connectivity index (χ1n) is 4.04. The largest absolute Gasteiger partial charge is 0.342 e. The lowest BCUT2D eigenvalue weighted by atomic mass is 10.3. The van der Waals surface area contributed by atoms with Gasteiger partial charge in [0.25, 0.3) is 0 Å². The third-order valence-electron chi connectivity index (χ3n) is 1.91. The van der Waals surface area contributed by atoms with Gasteiger partial charge in [-0.2, -0.15) is 0 Å². The van der Waals surface area contributed by atoms with E-state index in [0.717, 1.165) is 24.4 Å². The van der Waals surface area contributed by atoms with Gasteiger partial charge in [0.15, 0.2) is 11.6 Å². The summed E-state index contributed by atoms with van der Waals surface area (Å²) in [4.78, 5) is 6.97. The van der Waals surface area contributed by atoms with Crippen molar-refractivity contribution in [2.75, 3.05) is 0 Å². The highest BCUT2D eigenvalue weighted by Gasteiger charge is 2.07. The van der Waals surface area contributed by atoms with E-state index < -0.39 is 11.6 Å². The molecule has 0 atom stereocenters. The van der Waals surface area contributed by atoms with Crippen LogP contribution in [0.4, 0.5) is 8.78 Å². The second-order valence-electron chi connectivity index (χ2n) is 2.82. The quantitative estimate of drug-likeness (QED) is 0.720. The summed E-state index contributed by atoms with van der Waals surface area (Å²) in [5, 5.41) is 0. The average Bonchev–Trinajstić information content (AvgIpc) is 2.48. The standard InChI is InChI=1S/C9H8F2N2/c1-2-9-12-7-3-5(10)6(11)4-8(7)13-9/h3-4H,2H2,1H3,(H,12,13). The molecule has 2 aromatic rings. The molecule has 68 valence electrons. The van der Waals surface area contributed by atoms with Crippen molar-refractivity contribution >= 4 is 11.0 Å². The van der Waals surface area contributed by atoms with Crippen LogP contribution in [0.1, 0.15) is 12.7 Å². The number of imidazole rings is 1. The van der Waals surface area contributed by atoms with Crippen molar-refractivity contribution in [3.8, 4) is 0 Å². The molecule has 0 spiro atoms. The lowest BCUT2D eigenvalue weighted by molar-refractivity contribution is 0.510. The van der Waals surface area contributed by atoms with Crippen LogP contribution in [-0.4, -0.2) is 9.97 Å². The molecule has 0 bridgehead atoms. The first-order valence-corrected chi connectivity index (χ1v) is 4.04. The number of hydrogen-bond acceptors (Lipinski definition) is 1. The van der Waals surface area contributed by atoms with Crippen LogP contribution in [0.15, 0.2) is 12.1 Å². The van der Waals surface area contributed by atoms with Crippen LogP contribution < -0.4 is 0 Å². The monoisotopic (exact) mass is 182 g/mol. The van der Waals surface area contributed by atoms with Gasteiger partial charge < -0.3 is 4.98 Å². The van der Waals surface area contributed by atoms with Crippen molar-refractivity contribution in [2.45, 2.75) is 13.3 Å². The Labute approximate surface area is 73.6 Å². The van der Waals surface area contributed by atoms with Gasteiger partial charge in [-0.15, -0.1) is 0 Å². The van der Waals surface area contributed by atoms with Crippen molar-refractivity contribution in [1.29, 1.82) is 0 Å².